The molecular weight excluding hydrogens is 327 g/mol. The minimum Gasteiger partial charge on any atom is -0.403 e. The molecule has 1 aromatic heterocycles. The second kappa shape index (κ2) is 5.48. The summed E-state index contributed by atoms with van der Waals surface area (Å²) in [5.74, 6) is -0.875. The number of halogens is 6. The zero-order valence-electron chi connectivity index (χ0n) is 8.43. The maximum Gasteiger partial charge on any atom is 0.573 e. The summed E-state index contributed by atoms with van der Waals surface area (Å²) in [6.45, 7) is 0. The van der Waals surface area contributed by atoms with E-state index in [0.29, 0.717) is 6.07 Å². The Morgan fingerprint density at radius 2 is 2.06 bits per heavy atom. The fourth-order valence-corrected chi connectivity index (χ4v) is 1.53. The lowest BCUT2D eigenvalue weighted by Gasteiger charge is -2.13. The molecular formula is C9H4BrF5N2O. The fraction of sp³-hybridized carbons (Fsp3) is 0.333. The molecule has 0 aliphatic carbocycles. The Balaban J connectivity index is 3.24. The molecule has 0 aliphatic rings. The maximum absolute atomic E-state index is 12.6. The summed E-state index contributed by atoms with van der Waals surface area (Å²) in [7, 11) is 0. The number of hydrogen-bond donors (Lipinski definition) is 0. The van der Waals surface area contributed by atoms with Gasteiger partial charge in [0.25, 0.3) is 6.43 Å². The lowest BCUT2D eigenvalue weighted by atomic mass is 10.1. The quantitative estimate of drug-likeness (QED) is 0.626. The normalized spacial score (nSPS) is 11.4. The van der Waals surface area contributed by atoms with Gasteiger partial charge in [-0.05, 0) is 22.0 Å². The van der Waals surface area contributed by atoms with Crippen LogP contribution in [-0.4, -0.2) is 11.3 Å². The van der Waals surface area contributed by atoms with Gasteiger partial charge in [0.05, 0.1) is 18.2 Å². The highest BCUT2D eigenvalue weighted by Crippen LogP contribution is 2.34. The minimum atomic E-state index is -5.01. The first kappa shape index (κ1) is 14.6. The molecule has 9 heteroatoms. The van der Waals surface area contributed by atoms with E-state index < -0.39 is 35.1 Å². The van der Waals surface area contributed by atoms with Gasteiger partial charge in [-0.15, -0.1) is 13.2 Å². The van der Waals surface area contributed by atoms with E-state index in [1.807, 2.05) is 0 Å². The van der Waals surface area contributed by atoms with Gasteiger partial charge in [0.2, 0.25) is 0 Å². The van der Waals surface area contributed by atoms with Gasteiger partial charge < -0.3 is 4.74 Å². The van der Waals surface area contributed by atoms with Gasteiger partial charge >= 0.3 is 6.36 Å². The topological polar surface area (TPSA) is 45.9 Å². The van der Waals surface area contributed by atoms with E-state index in [9.17, 15) is 22.0 Å². The molecule has 0 aromatic carbocycles. The molecule has 0 unspecified atom stereocenters. The molecule has 0 amide bonds. The van der Waals surface area contributed by atoms with Crippen molar-refractivity contribution >= 4 is 15.9 Å². The van der Waals surface area contributed by atoms with Crippen molar-refractivity contribution in [3.05, 3.63) is 21.9 Å². The number of pyridine rings is 1. The van der Waals surface area contributed by atoms with Gasteiger partial charge in [0.1, 0.15) is 4.60 Å². The molecule has 1 heterocycles. The molecule has 98 valence electrons. The van der Waals surface area contributed by atoms with E-state index in [0.717, 1.165) is 0 Å². The van der Waals surface area contributed by atoms with Crippen molar-refractivity contribution in [2.24, 2.45) is 0 Å². The van der Waals surface area contributed by atoms with E-state index in [-0.39, 0.29) is 5.69 Å². The molecule has 0 N–H and O–H groups in total. The molecule has 0 saturated carbocycles. The molecule has 0 fully saturated rings. The molecule has 0 atom stereocenters. The van der Waals surface area contributed by atoms with Crippen LogP contribution < -0.4 is 4.74 Å². The van der Waals surface area contributed by atoms with Gasteiger partial charge in [-0.2, -0.15) is 5.26 Å². The van der Waals surface area contributed by atoms with E-state index in [2.05, 4.69) is 25.7 Å². The monoisotopic (exact) mass is 330 g/mol. The van der Waals surface area contributed by atoms with E-state index in [4.69, 9.17) is 5.26 Å². The Hall–Kier alpha value is -1.43. The van der Waals surface area contributed by atoms with Crippen molar-refractivity contribution in [2.45, 2.75) is 19.2 Å². The minimum absolute atomic E-state index is 0.297. The van der Waals surface area contributed by atoms with Crippen LogP contribution in [0.2, 0.25) is 0 Å². The molecule has 0 aliphatic heterocycles. The lowest BCUT2D eigenvalue weighted by Crippen LogP contribution is -2.18. The first-order chi connectivity index (χ1) is 8.24. The highest BCUT2D eigenvalue weighted by Gasteiger charge is 2.33. The summed E-state index contributed by atoms with van der Waals surface area (Å²) < 4.78 is 64.3. The number of nitriles is 1. The highest BCUT2D eigenvalue weighted by atomic mass is 79.9. The molecule has 0 saturated heterocycles. The third-order valence-electron chi connectivity index (χ3n) is 1.76. The van der Waals surface area contributed by atoms with Crippen molar-refractivity contribution in [3.63, 3.8) is 0 Å². The lowest BCUT2D eigenvalue weighted by molar-refractivity contribution is -0.275. The molecule has 1 rings (SSSR count). The Bertz CT molecular complexity index is 483. The van der Waals surface area contributed by atoms with Gasteiger partial charge in [0.15, 0.2) is 5.75 Å². The molecule has 0 bridgehead atoms. The summed E-state index contributed by atoms with van der Waals surface area (Å²) in [6.07, 6.45) is -8.50. The average molecular weight is 331 g/mol. The number of hydrogen-bond acceptors (Lipinski definition) is 3. The van der Waals surface area contributed by atoms with Crippen molar-refractivity contribution < 1.29 is 26.7 Å². The predicted molar refractivity (Wildman–Crippen MR) is 52.9 cm³/mol. The van der Waals surface area contributed by atoms with Crippen LogP contribution in [0, 0.1) is 11.3 Å². The van der Waals surface area contributed by atoms with Gasteiger partial charge in [0, 0.05) is 5.56 Å². The SMILES string of the molecule is N#CCc1nc(Br)c(OC(F)(F)F)cc1C(F)F. The van der Waals surface area contributed by atoms with Crippen molar-refractivity contribution in [1.82, 2.24) is 4.98 Å². The number of rotatable bonds is 3. The van der Waals surface area contributed by atoms with Crippen LogP contribution in [0.15, 0.2) is 10.7 Å². The Labute approximate surface area is 106 Å². The van der Waals surface area contributed by atoms with E-state index in [1.54, 1.807) is 6.07 Å². The summed E-state index contributed by atoms with van der Waals surface area (Å²) in [5.41, 5.74) is -1.06. The Kier molecular flexibility index (Phi) is 4.45. The first-order valence-corrected chi connectivity index (χ1v) is 5.14. The third kappa shape index (κ3) is 3.80. The zero-order valence-corrected chi connectivity index (χ0v) is 10.0. The number of alkyl halides is 5. The summed E-state index contributed by atoms with van der Waals surface area (Å²) >= 11 is 2.66. The Morgan fingerprint density at radius 3 is 2.50 bits per heavy atom. The standard InChI is InChI=1S/C9H4BrF5N2O/c10-7-6(18-9(13,14)15)3-4(8(11)12)5(17-7)1-2-16/h3,8H,1H2. The van der Waals surface area contributed by atoms with E-state index in [1.165, 1.54) is 0 Å². The summed E-state index contributed by atoms with van der Waals surface area (Å²) in [5, 5.41) is 8.41. The first-order valence-electron chi connectivity index (χ1n) is 4.34. The number of aromatic nitrogens is 1. The van der Waals surface area contributed by atoms with Crippen LogP contribution in [0.4, 0.5) is 22.0 Å². The van der Waals surface area contributed by atoms with Crippen LogP contribution in [0.25, 0.3) is 0 Å². The molecule has 18 heavy (non-hydrogen) atoms. The number of ether oxygens (including phenoxy) is 1. The molecule has 0 radical (unpaired) electrons. The highest BCUT2D eigenvalue weighted by molar-refractivity contribution is 9.10. The van der Waals surface area contributed by atoms with Crippen molar-refractivity contribution in [1.29, 1.82) is 5.26 Å². The predicted octanol–water partition coefficient (Wildman–Crippen LogP) is 3.75. The largest absolute Gasteiger partial charge is 0.573 e. The van der Waals surface area contributed by atoms with Crippen LogP contribution in [0.1, 0.15) is 17.7 Å². The fourth-order valence-electron chi connectivity index (χ4n) is 1.12. The van der Waals surface area contributed by atoms with Crippen molar-refractivity contribution in [2.75, 3.05) is 0 Å². The van der Waals surface area contributed by atoms with Gasteiger partial charge in [-0.1, -0.05) is 0 Å². The molecule has 3 nitrogen and oxygen atoms in total. The van der Waals surface area contributed by atoms with Crippen LogP contribution >= 0.6 is 15.9 Å². The molecule has 0 spiro atoms. The average Bonchev–Trinajstić information content (AvgIpc) is 2.20. The van der Waals surface area contributed by atoms with Crippen LogP contribution in [0.5, 0.6) is 5.75 Å². The zero-order chi connectivity index (χ0) is 13.9. The number of nitrogens with zero attached hydrogens (tertiary/aromatic N) is 2. The summed E-state index contributed by atoms with van der Waals surface area (Å²) in [6, 6.07) is 2.11. The smallest absolute Gasteiger partial charge is 0.403 e. The maximum atomic E-state index is 12.6. The van der Waals surface area contributed by atoms with Crippen LogP contribution in [0.3, 0.4) is 0 Å². The second-order valence-electron chi connectivity index (χ2n) is 3.00. The van der Waals surface area contributed by atoms with Gasteiger partial charge in [-0.25, -0.2) is 13.8 Å². The second-order valence-corrected chi connectivity index (χ2v) is 3.75. The van der Waals surface area contributed by atoms with E-state index >= 15 is 0 Å². The van der Waals surface area contributed by atoms with Gasteiger partial charge in [-0.3, -0.25) is 0 Å². The Morgan fingerprint density at radius 1 is 1.44 bits per heavy atom. The summed E-state index contributed by atoms with van der Waals surface area (Å²) in [4.78, 5) is 3.46. The molecule has 1 aromatic rings. The third-order valence-corrected chi connectivity index (χ3v) is 2.33. The van der Waals surface area contributed by atoms with Crippen molar-refractivity contribution in [3.8, 4) is 11.8 Å². The van der Waals surface area contributed by atoms with Crippen LogP contribution in [-0.2, 0) is 6.42 Å².